The predicted octanol–water partition coefficient (Wildman–Crippen LogP) is 16.2. The Labute approximate surface area is 408 Å². The Hall–Kier alpha value is -6.47. The van der Waals surface area contributed by atoms with Crippen molar-refractivity contribution >= 4 is 112 Å². The predicted molar refractivity (Wildman–Crippen MR) is 293 cm³/mol. The van der Waals surface area contributed by atoms with Gasteiger partial charge in [-0.2, -0.15) is 0 Å². The highest BCUT2D eigenvalue weighted by atomic mass is 32.2. The minimum Gasteiger partial charge on any atom is -0.454 e. The third-order valence-electron chi connectivity index (χ3n) is 15.1. The van der Waals surface area contributed by atoms with Crippen molar-refractivity contribution < 1.29 is 4.42 Å². The summed E-state index contributed by atoms with van der Waals surface area (Å²) >= 11 is 3.88. The molecule has 0 N–H and O–H groups in total. The number of rotatable bonds is 3. The van der Waals surface area contributed by atoms with Gasteiger partial charge in [0.15, 0.2) is 5.58 Å². The minimum absolute atomic E-state index is 0.00709. The first kappa shape index (κ1) is 41.7. The molecular formula is C62H53BN2OS2. The topological polar surface area (TPSA) is 19.6 Å². The van der Waals surface area contributed by atoms with Crippen LogP contribution in [0.3, 0.4) is 0 Å². The van der Waals surface area contributed by atoms with Crippen molar-refractivity contribution in [3.8, 4) is 11.1 Å². The second-order valence-corrected chi connectivity index (χ2v) is 24.0. The van der Waals surface area contributed by atoms with E-state index in [1.165, 1.54) is 97.3 Å². The Balaban J connectivity index is 1.10. The summed E-state index contributed by atoms with van der Waals surface area (Å²) in [6, 6.07) is 59.9. The van der Waals surface area contributed by atoms with Crippen LogP contribution in [0.15, 0.2) is 172 Å². The molecule has 0 bridgehead atoms. The van der Waals surface area contributed by atoms with Crippen LogP contribution in [0, 0.1) is 6.92 Å². The van der Waals surface area contributed by atoms with Crippen LogP contribution < -0.4 is 25.5 Å². The fourth-order valence-corrected chi connectivity index (χ4v) is 14.1. The Morgan fingerprint density at radius 1 is 0.544 bits per heavy atom. The highest BCUT2D eigenvalue weighted by molar-refractivity contribution is 7.99. The summed E-state index contributed by atoms with van der Waals surface area (Å²) in [5.41, 5.74) is 20.6. The van der Waals surface area contributed by atoms with Crippen molar-refractivity contribution in [2.75, 3.05) is 9.80 Å². The molecule has 0 radical (unpaired) electrons. The number of furan rings is 1. The van der Waals surface area contributed by atoms with Crippen LogP contribution in [0.25, 0.3) is 43.2 Å². The molecule has 13 rings (SSSR count). The smallest absolute Gasteiger partial charge is 0.264 e. The summed E-state index contributed by atoms with van der Waals surface area (Å²) in [4.78, 5) is 7.79. The number of anilines is 6. The third kappa shape index (κ3) is 6.12. The van der Waals surface area contributed by atoms with E-state index in [0.29, 0.717) is 0 Å². The van der Waals surface area contributed by atoms with Crippen LogP contribution >= 0.6 is 23.1 Å². The first-order chi connectivity index (χ1) is 32.6. The van der Waals surface area contributed by atoms with E-state index in [1.54, 1.807) is 0 Å². The zero-order valence-corrected chi connectivity index (χ0v) is 41.8. The molecule has 0 amide bonds. The fraction of sp³-hybridized carbons (Fsp3) is 0.194. The quantitative estimate of drug-likeness (QED) is 0.164. The number of thiophene rings is 1. The van der Waals surface area contributed by atoms with Gasteiger partial charge >= 0.3 is 0 Å². The Bertz CT molecular complexity index is 3730. The second kappa shape index (κ2) is 14.5. The number of fused-ring (bicyclic) bond motifs is 11. The summed E-state index contributed by atoms with van der Waals surface area (Å²) in [6.45, 7) is 20.9. The molecule has 0 saturated carbocycles. The Morgan fingerprint density at radius 2 is 1.21 bits per heavy atom. The summed E-state index contributed by atoms with van der Waals surface area (Å²) in [7, 11) is 0. The molecule has 68 heavy (non-hydrogen) atoms. The van der Waals surface area contributed by atoms with Gasteiger partial charge in [0.25, 0.3) is 6.71 Å². The first-order valence-corrected chi connectivity index (χ1v) is 25.7. The van der Waals surface area contributed by atoms with Crippen molar-refractivity contribution in [1.29, 1.82) is 0 Å². The highest BCUT2D eigenvalue weighted by Gasteiger charge is 2.47. The van der Waals surface area contributed by atoms with Crippen LogP contribution in [0.2, 0.25) is 0 Å². The maximum Gasteiger partial charge on any atom is 0.264 e. The first-order valence-electron chi connectivity index (χ1n) is 24.0. The molecule has 10 aromatic rings. The third-order valence-corrected chi connectivity index (χ3v) is 17.4. The van der Waals surface area contributed by atoms with E-state index in [0.717, 1.165) is 33.3 Å². The monoisotopic (exact) mass is 916 g/mol. The largest absolute Gasteiger partial charge is 0.454 e. The van der Waals surface area contributed by atoms with Gasteiger partial charge in [0.05, 0.1) is 11.4 Å². The second-order valence-electron chi connectivity index (χ2n) is 21.9. The molecule has 0 aliphatic carbocycles. The van der Waals surface area contributed by atoms with Crippen LogP contribution in [0.4, 0.5) is 34.1 Å². The molecule has 3 aliphatic heterocycles. The zero-order valence-electron chi connectivity index (χ0n) is 40.2. The summed E-state index contributed by atoms with van der Waals surface area (Å²) < 4.78 is 9.62. The van der Waals surface area contributed by atoms with Crippen molar-refractivity contribution in [1.82, 2.24) is 0 Å². The molecule has 5 heterocycles. The van der Waals surface area contributed by atoms with Crippen molar-refractivity contribution in [2.24, 2.45) is 0 Å². The standard InChI is InChI=1S/C62H53BN2OS2/c1-36-31-50-56-51(32-36)65(48-18-14-16-43-42-15-10-12-19-52(42)66-58(43)48)49-35-55-46(62(8,9)45-17-11-13-20-54(45)67-55)34-47(49)63(56)59-57(44-33-40(61(5,6)7)27-30-53(44)68-59)64(50)41-28-23-38(24-29-41)37-21-25-39(26-22-37)60(2,3)4/h10-35H,1-9H3. The molecule has 0 atom stereocenters. The van der Waals surface area contributed by atoms with E-state index in [9.17, 15) is 0 Å². The van der Waals surface area contributed by atoms with Crippen molar-refractivity contribution in [3.63, 3.8) is 0 Å². The lowest BCUT2D eigenvalue weighted by atomic mass is 9.36. The number of para-hydroxylation sites is 2. The molecule has 0 unspecified atom stereocenters. The maximum absolute atomic E-state index is 6.93. The van der Waals surface area contributed by atoms with Gasteiger partial charge in [-0.1, -0.05) is 164 Å². The molecule has 6 heteroatoms. The highest BCUT2D eigenvalue weighted by Crippen LogP contribution is 2.54. The maximum atomic E-state index is 6.93. The molecular weight excluding hydrogens is 864 g/mol. The lowest BCUT2D eigenvalue weighted by molar-refractivity contribution is 0.590. The van der Waals surface area contributed by atoms with Gasteiger partial charge in [0.1, 0.15) is 5.58 Å². The van der Waals surface area contributed by atoms with Gasteiger partial charge in [-0.3, -0.25) is 0 Å². The lowest BCUT2D eigenvalue weighted by Gasteiger charge is -2.44. The summed E-state index contributed by atoms with van der Waals surface area (Å²) in [5, 5.41) is 3.57. The molecule has 0 spiro atoms. The Morgan fingerprint density at radius 3 is 1.96 bits per heavy atom. The van der Waals surface area contributed by atoms with E-state index in [-0.39, 0.29) is 23.0 Å². The molecule has 0 fully saturated rings. The van der Waals surface area contributed by atoms with Gasteiger partial charge in [0, 0.05) is 63.6 Å². The van der Waals surface area contributed by atoms with Gasteiger partial charge in [-0.15, -0.1) is 11.3 Å². The zero-order chi connectivity index (χ0) is 46.6. The SMILES string of the molecule is Cc1cc2c3c(c1)N(c1cccc4c1oc1ccccc14)c1cc4c(cc1B3c1sc3ccc(C(C)(C)C)cc3c1N2c1ccc(-c2ccc(C(C)(C)C)cc2)cc1)C(C)(C)c1ccccc1S4. The number of nitrogens with zero attached hydrogens (tertiary/aromatic N) is 2. The van der Waals surface area contributed by atoms with E-state index in [2.05, 4.69) is 230 Å². The summed E-state index contributed by atoms with van der Waals surface area (Å²) in [5.74, 6) is 0. The Kier molecular flexibility index (Phi) is 8.91. The molecule has 3 nitrogen and oxygen atoms in total. The van der Waals surface area contributed by atoms with E-state index < -0.39 is 0 Å². The average Bonchev–Trinajstić information content (AvgIpc) is 3.89. The van der Waals surface area contributed by atoms with Gasteiger partial charge in [-0.25, -0.2) is 0 Å². The number of benzene rings is 8. The van der Waals surface area contributed by atoms with Gasteiger partial charge in [-0.05, 0) is 128 Å². The average molecular weight is 917 g/mol. The normalized spacial score (nSPS) is 14.8. The number of aryl methyl sites for hydroxylation is 1. The fourth-order valence-electron chi connectivity index (χ4n) is 11.4. The van der Waals surface area contributed by atoms with Gasteiger partial charge < -0.3 is 14.2 Å². The van der Waals surface area contributed by atoms with Crippen LogP contribution in [-0.4, -0.2) is 6.71 Å². The van der Waals surface area contributed by atoms with Crippen molar-refractivity contribution in [2.45, 2.75) is 88.3 Å². The number of hydrogen-bond donors (Lipinski definition) is 0. The molecule has 3 aliphatic rings. The van der Waals surface area contributed by atoms with Crippen LogP contribution in [-0.2, 0) is 16.2 Å². The van der Waals surface area contributed by atoms with E-state index in [4.69, 9.17) is 4.42 Å². The van der Waals surface area contributed by atoms with Crippen LogP contribution in [0.1, 0.15) is 83.2 Å². The number of hydrogen-bond acceptors (Lipinski definition) is 5. The molecule has 8 aromatic carbocycles. The van der Waals surface area contributed by atoms with Crippen LogP contribution in [0.5, 0.6) is 0 Å². The van der Waals surface area contributed by atoms with Gasteiger partial charge in [0.2, 0.25) is 0 Å². The molecule has 332 valence electrons. The van der Waals surface area contributed by atoms with Crippen molar-refractivity contribution in [3.05, 3.63) is 186 Å². The molecule has 2 aromatic heterocycles. The molecule has 0 saturated heterocycles. The lowest BCUT2D eigenvalue weighted by Crippen LogP contribution is -2.60. The van der Waals surface area contributed by atoms with E-state index >= 15 is 0 Å². The minimum atomic E-state index is -0.202. The van der Waals surface area contributed by atoms with E-state index in [1.807, 2.05) is 23.1 Å². The summed E-state index contributed by atoms with van der Waals surface area (Å²) in [6.07, 6.45) is 0.